The van der Waals surface area contributed by atoms with Crippen LogP contribution in [0.4, 0.5) is 0 Å². The SMILES string of the molecule is CC/C=C/C/C=C/C/C=C/CCCCCCCC(=O)OC[C@H](CO[C@H]1O[C@H](CS(=O)(=O)O)[C@@H](O)C(O)C1O)OC(=O)CCCCCCCCCCCCCCCCCCCCCC. The van der Waals surface area contributed by atoms with E-state index in [0.717, 1.165) is 70.6 Å². The molecule has 4 N–H and O–H groups in total. The molecule has 63 heavy (non-hydrogen) atoms. The molecule has 12 nitrogen and oxygen atoms in total. The molecule has 0 radical (unpaired) electrons. The Kier molecular flexibility index (Phi) is 37.5. The lowest BCUT2D eigenvalue weighted by Crippen LogP contribution is -2.60. The Morgan fingerprint density at radius 2 is 1.00 bits per heavy atom. The Morgan fingerprint density at radius 3 is 1.49 bits per heavy atom. The summed E-state index contributed by atoms with van der Waals surface area (Å²) in [6, 6.07) is 0. The second-order valence-corrected chi connectivity index (χ2v) is 19.0. The molecule has 0 aromatic rings. The van der Waals surface area contributed by atoms with Gasteiger partial charge in [-0.05, 0) is 44.9 Å². The van der Waals surface area contributed by atoms with Crippen molar-refractivity contribution in [1.29, 1.82) is 0 Å². The lowest BCUT2D eigenvalue weighted by Gasteiger charge is -2.40. The van der Waals surface area contributed by atoms with E-state index in [9.17, 15) is 37.9 Å². The van der Waals surface area contributed by atoms with Crippen molar-refractivity contribution >= 4 is 22.1 Å². The van der Waals surface area contributed by atoms with Crippen LogP contribution in [0, 0.1) is 0 Å². The third-order valence-corrected chi connectivity index (χ3v) is 12.2. The fraction of sp³-hybridized carbons (Fsp3) is 0.840. The Labute approximate surface area is 382 Å². The molecule has 1 aliphatic rings. The second kappa shape index (κ2) is 40.2. The zero-order valence-electron chi connectivity index (χ0n) is 39.4. The second-order valence-electron chi connectivity index (χ2n) is 17.5. The maximum atomic E-state index is 12.9. The molecular formula is C50H90O12S. The molecule has 0 bridgehead atoms. The number of hydrogen-bond donors (Lipinski definition) is 4. The summed E-state index contributed by atoms with van der Waals surface area (Å²) in [4.78, 5) is 25.5. The molecule has 6 atom stereocenters. The fourth-order valence-corrected chi connectivity index (χ4v) is 8.32. The summed E-state index contributed by atoms with van der Waals surface area (Å²) in [6.07, 6.45) is 37.6. The number of unbranched alkanes of at least 4 members (excludes halogenated alkanes) is 24. The van der Waals surface area contributed by atoms with Gasteiger partial charge < -0.3 is 34.3 Å². The van der Waals surface area contributed by atoms with Gasteiger partial charge in [-0.15, -0.1) is 0 Å². The molecule has 1 saturated heterocycles. The van der Waals surface area contributed by atoms with Crippen molar-refractivity contribution in [3.8, 4) is 0 Å². The topological polar surface area (TPSA) is 186 Å². The first-order valence-electron chi connectivity index (χ1n) is 25.0. The molecule has 0 spiro atoms. The van der Waals surface area contributed by atoms with Gasteiger partial charge in [0.1, 0.15) is 36.8 Å². The van der Waals surface area contributed by atoms with Crippen LogP contribution in [-0.2, 0) is 38.7 Å². The molecule has 368 valence electrons. The zero-order chi connectivity index (χ0) is 46.2. The maximum absolute atomic E-state index is 12.9. The Hall–Kier alpha value is -2.13. The van der Waals surface area contributed by atoms with Crippen LogP contribution in [0.15, 0.2) is 36.5 Å². The van der Waals surface area contributed by atoms with Crippen molar-refractivity contribution in [3.05, 3.63) is 36.5 Å². The quantitative estimate of drug-likeness (QED) is 0.0197. The van der Waals surface area contributed by atoms with E-state index in [1.165, 1.54) is 103 Å². The average molecular weight is 915 g/mol. The lowest BCUT2D eigenvalue weighted by atomic mass is 10.00. The molecule has 2 unspecified atom stereocenters. The van der Waals surface area contributed by atoms with Crippen molar-refractivity contribution in [3.63, 3.8) is 0 Å². The van der Waals surface area contributed by atoms with Crippen LogP contribution >= 0.6 is 0 Å². The predicted molar refractivity (Wildman–Crippen MR) is 252 cm³/mol. The molecule has 1 fully saturated rings. The largest absolute Gasteiger partial charge is 0.462 e. The Morgan fingerprint density at radius 1 is 0.556 bits per heavy atom. The number of aliphatic hydroxyl groups excluding tert-OH is 3. The van der Waals surface area contributed by atoms with E-state index in [-0.39, 0.29) is 19.4 Å². The highest BCUT2D eigenvalue weighted by Gasteiger charge is 2.46. The van der Waals surface area contributed by atoms with Gasteiger partial charge in [0, 0.05) is 12.8 Å². The molecule has 0 aromatic carbocycles. The minimum absolute atomic E-state index is 0.164. The number of carbonyl (C=O) groups is 2. The smallest absolute Gasteiger partial charge is 0.306 e. The monoisotopic (exact) mass is 915 g/mol. The van der Waals surface area contributed by atoms with Gasteiger partial charge in [0.15, 0.2) is 12.4 Å². The van der Waals surface area contributed by atoms with Crippen LogP contribution in [0.3, 0.4) is 0 Å². The number of aliphatic hydroxyl groups is 3. The third kappa shape index (κ3) is 34.8. The van der Waals surface area contributed by atoms with E-state index in [0.29, 0.717) is 12.8 Å². The van der Waals surface area contributed by atoms with Crippen molar-refractivity contribution in [2.75, 3.05) is 19.0 Å². The van der Waals surface area contributed by atoms with E-state index >= 15 is 0 Å². The zero-order valence-corrected chi connectivity index (χ0v) is 40.2. The van der Waals surface area contributed by atoms with Crippen LogP contribution in [0.25, 0.3) is 0 Å². The maximum Gasteiger partial charge on any atom is 0.306 e. The standard InChI is InChI=1S/C50H90O12S/c1-3-5-7-9-11-13-15-17-19-20-21-22-23-25-27-29-31-33-35-37-39-46(52)61-43(41-60-50-49(55)48(54)47(53)44(62-50)42-63(56,57)58)40-59-45(51)38-36-34-32-30-28-26-24-18-16-14-12-10-8-6-4-2/h6,8,12,14,18,24,43-44,47-50,53-55H,3-5,7,9-11,13,15-17,19-23,25-42H2,1-2H3,(H,56,57,58)/b8-6+,14-12+,24-18+/t43-,44-,47-,48?,49?,50+/m1/s1. The Bertz CT molecular complexity index is 1300. The van der Waals surface area contributed by atoms with E-state index in [1.54, 1.807) is 0 Å². The highest BCUT2D eigenvalue weighted by molar-refractivity contribution is 7.85. The molecule has 1 heterocycles. The number of ether oxygens (including phenoxy) is 4. The predicted octanol–water partition coefficient (Wildman–Crippen LogP) is 11.0. The van der Waals surface area contributed by atoms with Gasteiger partial charge in [0.2, 0.25) is 0 Å². The van der Waals surface area contributed by atoms with Crippen molar-refractivity contribution in [2.24, 2.45) is 0 Å². The molecule has 0 amide bonds. The normalized spacial score (nSPS) is 20.0. The minimum atomic E-state index is -4.61. The Balaban J connectivity index is 2.38. The first-order chi connectivity index (χ1) is 30.5. The van der Waals surface area contributed by atoms with Gasteiger partial charge in [-0.3, -0.25) is 14.1 Å². The molecule has 0 aromatic heterocycles. The van der Waals surface area contributed by atoms with Crippen molar-refractivity contribution in [2.45, 2.75) is 250 Å². The highest BCUT2D eigenvalue weighted by Crippen LogP contribution is 2.24. The van der Waals surface area contributed by atoms with Crippen molar-refractivity contribution in [1.82, 2.24) is 0 Å². The van der Waals surface area contributed by atoms with Gasteiger partial charge in [-0.1, -0.05) is 192 Å². The molecular weight excluding hydrogens is 825 g/mol. The lowest BCUT2D eigenvalue weighted by molar-refractivity contribution is -0.297. The summed E-state index contributed by atoms with van der Waals surface area (Å²) in [5, 5.41) is 30.9. The van der Waals surface area contributed by atoms with E-state index in [1.807, 2.05) is 0 Å². The molecule has 0 saturated carbocycles. The summed E-state index contributed by atoms with van der Waals surface area (Å²) in [5.74, 6) is -2.00. The number of hydrogen-bond acceptors (Lipinski definition) is 11. The summed E-state index contributed by atoms with van der Waals surface area (Å²) < 4.78 is 54.2. The first-order valence-corrected chi connectivity index (χ1v) is 26.7. The molecule has 13 heteroatoms. The highest BCUT2D eigenvalue weighted by atomic mass is 32.2. The van der Waals surface area contributed by atoms with E-state index < -0.39 is 71.2 Å². The van der Waals surface area contributed by atoms with Crippen LogP contribution in [0.2, 0.25) is 0 Å². The number of allylic oxidation sites excluding steroid dienone is 6. The summed E-state index contributed by atoms with van der Waals surface area (Å²) in [6.45, 7) is 3.66. The van der Waals surface area contributed by atoms with Crippen molar-refractivity contribution < 1.29 is 56.8 Å². The molecule has 0 aliphatic carbocycles. The van der Waals surface area contributed by atoms with E-state index in [4.69, 9.17) is 18.9 Å². The van der Waals surface area contributed by atoms with Gasteiger partial charge in [0.05, 0.1) is 6.61 Å². The number of rotatable bonds is 42. The number of esters is 2. The minimum Gasteiger partial charge on any atom is -0.462 e. The average Bonchev–Trinajstić information content (AvgIpc) is 3.25. The van der Waals surface area contributed by atoms with Gasteiger partial charge >= 0.3 is 11.9 Å². The summed E-state index contributed by atoms with van der Waals surface area (Å²) in [7, 11) is -4.61. The van der Waals surface area contributed by atoms with E-state index in [2.05, 4.69) is 50.3 Å². The fourth-order valence-electron chi connectivity index (χ4n) is 7.63. The first kappa shape index (κ1) is 58.9. The van der Waals surface area contributed by atoms with Gasteiger partial charge in [-0.2, -0.15) is 8.42 Å². The molecule has 1 rings (SSSR count). The van der Waals surface area contributed by atoms with Crippen LogP contribution in [-0.4, -0.2) is 96.0 Å². The summed E-state index contributed by atoms with van der Waals surface area (Å²) in [5.41, 5.74) is 0. The third-order valence-electron chi connectivity index (χ3n) is 11.5. The molecule has 1 aliphatic heterocycles. The van der Waals surface area contributed by atoms with Crippen LogP contribution < -0.4 is 0 Å². The van der Waals surface area contributed by atoms with Gasteiger partial charge in [0.25, 0.3) is 10.1 Å². The van der Waals surface area contributed by atoms with Gasteiger partial charge in [-0.25, -0.2) is 0 Å². The summed E-state index contributed by atoms with van der Waals surface area (Å²) >= 11 is 0. The number of carbonyl (C=O) groups excluding carboxylic acids is 2. The van der Waals surface area contributed by atoms with Crippen LogP contribution in [0.5, 0.6) is 0 Å². The van der Waals surface area contributed by atoms with Crippen LogP contribution in [0.1, 0.15) is 213 Å².